The van der Waals surface area contributed by atoms with Crippen molar-refractivity contribution in [3.63, 3.8) is 0 Å². The van der Waals surface area contributed by atoms with E-state index < -0.39 is 17.1 Å². The minimum Gasteiger partial charge on any atom is -0.488 e. The van der Waals surface area contributed by atoms with Gasteiger partial charge in [0.15, 0.2) is 5.76 Å². The molecule has 0 spiro atoms. The largest absolute Gasteiger partial charge is 0.488 e. The van der Waals surface area contributed by atoms with E-state index in [9.17, 15) is 14.7 Å². The van der Waals surface area contributed by atoms with Crippen LogP contribution in [-0.2, 0) is 0 Å². The molecule has 0 fully saturated rings. The lowest BCUT2D eigenvalue weighted by molar-refractivity contribution is 0.0944. The van der Waals surface area contributed by atoms with Crippen molar-refractivity contribution in [1.82, 2.24) is 10.2 Å². The molecule has 2 heterocycles. The Hall–Kier alpha value is -3.25. The predicted molar refractivity (Wildman–Crippen MR) is 110 cm³/mol. The van der Waals surface area contributed by atoms with Crippen LogP contribution >= 0.6 is 11.3 Å². The Labute approximate surface area is 170 Å². The van der Waals surface area contributed by atoms with E-state index in [1.165, 1.54) is 19.4 Å². The second kappa shape index (κ2) is 9.30. The smallest absolute Gasteiger partial charge is 0.381 e. The lowest BCUT2D eigenvalue weighted by Crippen LogP contribution is -2.30. The number of anilines is 2. The first-order valence-electron chi connectivity index (χ1n) is 8.39. The number of allylic oxidation sites excluding steroid dienone is 1. The standard InChI is InChI=1S/C17H22N6O5S/c1-9(5-6-18)20-15-22-23-16(29-15)21-13(24)11-7-10(19-8-17(2,3)26)12(27-4)14(25)28-11/h5-7,19,26H,8,18H2,1-4H3,(H,21,23,24)/b6-5-,20-9+. The molecule has 0 unspecified atom stereocenters. The topological polar surface area (TPSA) is 165 Å². The van der Waals surface area contributed by atoms with Gasteiger partial charge in [0.1, 0.15) is 0 Å². The first kappa shape index (κ1) is 22.0. The number of hydrogen-bond acceptors (Lipinski definition) is 11. The number of carbonyl (C=O) groups is 1. The average molecular weight is 422 g/mol. The van der Waals surface area contributed by atoms with Crippen molar-refractivity contribution in [1.29, 1.82) is 0 Å². The van der Waals surface area contributed by atoms with Gasteiger partial charge in [-0.3, -0.25) is 10.1 Å². The number of nitrogens with zero attached hydrogens (tertiary/aromatic N) is 3. The van der Waals surface area contributed by atoms with Crippen molar-refractivity contribution in [2.45, 2.75) is 26.4 Å². The summed E-state index contributed by atoms with van der Waals surface area (Å²) < 4.78 is 10.0. The highest BCUT2D eigenvalue weighted by atomic mass is 32.1. The van der Waals surface area contributed by atoms with E-state index in [4.69, 9.17) is 14.9 Å². The number of aromatic nitrogens is 2. The Bertz CT molecular complexity index is 989. The molecule has 0 atom stereocenters. The van der Waals surface area contributed by atoms with Gasteiger partial charge in [-0.1, -0.05) is 11.3 Å². The van der Waals surface area contributed by atoms with Gasteiger partial charge in [0, 0.05) is 18.3 Å². The van der Waals surface area contributed by atoms with Gasteiger partial charge in [-0.25, -0.2) is 9.79 Å². The highest BCUT2D eigenvalue weighted by molar-refractivity contribution is 7.18. The Kier molecular flexibility index (Phi) is 7.07. The molecule has 12 heteroatoms. The molecule has 2 rings (SSSR count). The van der Waals surface area contributed by atoms with Crippen LogP contribution in [0.4, 0.5) is 16.0 Å². The van der Waals surface area contributed by atoms with Crippen LogP contribution in [0.25, 0.3) is 0 Å². The maximum atomic E-state index is 12.5. The molecule has 0 aliphatic carbocycles. The van der Waals surface area contributed by atoms with Gasteiger partial charge in [0.25, 0.3) is 5.91 Å². The minimum atomic E-state index is -1.05. The fourth-order valence-corrected chi connectivity index (χ4v) is 2.70. The van der Waals surface area contributed by atoms with Crippen molar-refractivity contribution in [2.24, 2.45) is 10.7 Å². The molecule has 1 amide bonds. The van der Waals surface area contributed by atoms with Crippen LogP contribution in [0.3, 0.4) is 0 Å². The Balaban J connectivity index is 2.22. The summed E-state index contributed by atoms with van der Waals surface area (Å²) in [7, 11) is 1.30. The fourth-order valence-electron chi connectivity index (χ4n) is 2.03. The van der Waals surface area contributed by atoms with Crippen LogP contribution in [0.1, 0.15) is 31.3 Å². The third kappa shape index (κ3) is 6.40. The van der Waals surface area contributed by atoms with Crippen molar-refractivity contribution < 1.29 is 19.1 Å². The summed E-state index contributed by atoms with van der Waals surface area (Å²) >= 11 is 1.03. The Morgan fingerprint density at radius 1 is 1.48 bits per heavy atom. The van der Waals surface area contributed by atoms with E-state index in [0.717, 1.165) is 11.3 Å². The van der Waals surface area contributed by atoms with Crippen molar-refractivity contribution >= 4 is 38.9 Å². The average Bonchev–Trinajstić information content (AvgIpc) is 3.05. The monoisotopic (exact) mass is 422 g/mol. The highest BCUT2D eigenvalue weighted by Crippen LogP contribution is 2.25. The number of nitrogens with one attached hydrogen (secondary N) is 2. The van der Waals surface area contributed by atoms with E-state index in [0.29, 0.717) is 10.8 Å². The lowest BCUT2D eigenvalue weighted by Gasteiger charge is -2.19. The molecule has 0 aromatic carbocycles. The molecule has 5 N–H and O–H groups in total. The van der Waals surface area contributed by atoms with Crippen molar-refractivity contribution in [2.75, 3.05) is 24.3 Å². The van der Waals surface area contributed by atoms with Gasteiger partial charge in [-0.05, 0) is 33.0 Å². The molecule has 0 saturated carbocycles. The van der Waals surface area contributed by atoms with Crippen LogP contribution in [0.2, 0.25) is 0 Å². The molecular weight excluding hydrogens is 400 g/mol. The third-order valence-corrected chi connectivity index (χ3v) is 4.02. The first-order valence-corrected chi connectivity index (χ1v) is 9.21. The molecule has 0 saturated heterocycles. The van der Waals surface area contributed by atoms with E-state index >= 15 is 0 Å². The van der Waals surface area contributed by atoms with E-state index in [1.807, 2.05) is 0 Å². The number of methoxy groups -OCH3 is 1. The molecule has 156 valence electrons. The predicted octanol–water partition coefficient (Wildman–Crippen LogP) is 1.50. The number of hydrogen-bond donors (Lipinski definition) is 4. The normalized spacial score (nSPS) is 12.2. The van der Waals surface area contributed by atoms with Crippen LogP contribution in [0.15, 0.2) is 32.5 Å². The first-order chi connectivity index (χ1) is 13.6. The molecule has 0 bridgehead atoms. The summed E-state index contributed by atoms with van der Waals surface area (Å²) in [6.45, 7) is 5.03. The van der Waals surface area contributed by atoms with E-state index in [1.54, 1.807) is 26.8 Å². The maximum absolute atomic E-state index is 12.5. The van der Waals surface area contributed by atoms with Gasteiger partial charge >= 0.3 is 5.63 Å². The number of nitrogens with two attached hydrogens (primary N) is 1. The van der Waals surface area contributed by atoms with E-state index in [2.05, 4.69) is 25.8 Å². The van der Waals surface area contributed by atoms with Crippen LogP contribution in [0.5, 0.6) is 5.75 Å². The zero-order valence-corrected chi connectivity index (χ0v) is 17.2. The lowest BCUT2D eigenvalue weighted by atomic mass is 10.1. The van der Waals surface area contributed by atoms with Crippen LogP contribution < -0.4 is 26.7 Å². The molecular formula is C17H22N6O5S. The third-order valence-electron chi connectivity index (χ3n) is 3.29. The molecule has 0 aliphatic heterocycles. The molecule has 0 aliphatic rings. The van der Waals surface area contributed by atoms with E-state index in [-0.39, 0.29) is 28.9 Å². The van der Waals surface area contributed by atoms with Gasteiger partial charge in [0.05, 0.1) is 18.4 Å². The summed E-state index contributed by atoms with van der Waals surface area (Å²) in [6.07, 6.45) is 2.94. The van der Waals surface area contributed by atoms with Gasteiger partial charge in [-0.15, -0.1) is 10.2 Å². The minimum absolute atomic E-state index is 0.109. The molecule has 2 aromatic rings. The Morgan fingerprint density at radius 2 is 2.21 bits per heavy atom. The van der Waals surface area contributed by atoms with Gasteiger partial charge < -0.3 is 25.3 Å². The summed E-state index contributed by atoms with van der Waals surface area (Å²) in [5, 5.41) is 23.4. The summed E-state index contributed by atoms with van der Waals surface area (Å²) in [5.41, 5.74) is 4.23. The quantitative estimate of drug-likeness (QED) is 0.461. The molecule has 29 heavy (non-hydrogen) atoms. The highest BCUT2D eigenvalue weighted by Gasteiger charge is 2.20. The summed E-state index contributed by atoms with van der Waals surface area (Å²) in [6, 6.07) is 1.30. The SMILES string of the molecule is COc1c(NCC(C)(C)O)cc(C(=O)Nc2nnc(/N=C(C)/C=C\N)s2)oc1=O. The maximum Gasteiger partial charge on any atom is 0.381 e. The number of aliphatic imine (C=N–C) groups is 1. The van der Waals surface area contributed by atoms with Crippen LogP contribution in [0, 0.1) is 0 Å². The number of aliphatic hydroxyl groups is 1. The fraction of sp³-hybridized carbons (Fsp3) is 0.353. The molecule has 11 nitrogen and oxygen atoms in total. The molecule has 2 aromatic heterocycles. The number of ether oxygens (including phenoxy) is 1. The number of carbonyl (C=O) groups excluding carboxylic acids is 1. The zero-order chi connectivity index (χ0) is 21.6. The summed E-state index contributed by atoms with van der Waals surface area (Å²) in [5.74, 6) is -1.08. The second-order valence-electron chi connectivity index (χ2n) is 6.47. The summed E-state index contributed by atoms with van der Waals surface area (Å²) in [4.78, 5) is 28.8. The Morgan fingerprint density at radius 3 is 2.83 bits per heavy atom. The number of amides is 1. The second-order valence-corrected chi connectivity index (χ2v) is 7.42. The van der Waals surface area contributed by atoms with Crippen molar-refractivity contribution in [3.05, 3.63) is 34.5 Å². The zero-order valence-electron chi connectivity index (χ0n) is 16.3. The molecule has 0 radical (unpaired) electrons. The van der Waals surface area contributed by atoms with Gasteiger partial charge in [0.2, 0.25) is 16.0 Å². The van der Waals surface area contributed by atoms with Crippen molar-refractivity contribution in [3.8, 4) is 5.75 Å². The van der Waals surface area contributed by atoms with Crippen LogP contribution in [-0.4, -0.2) is 46.2 Å². The van der Waals surface area contributed by atoms with Gasteiger partial charge in [-0.2, -0.15) is 0 Å². The number of rotatable bonds is 8.